The third-order valence-corrected chi connectivity index (χ3v) is 6.01. The highest BCUT2D eigenvalue weighted by molar-refractivity contribution is 5.95. The number of nitrogens with zero attached hydrogens (tertiary/aromatic N) is 3. The summed E-state index contributed by atoms with van der Waals surface area (Å²) < 4.78 is 2.05. The minimum atomic E-state index is 0.0398. The largest absolute Gasteiger partial charge is 0.351 e. The summed E-state index contributed by atoms with van der Waals surface area (Å²) in [5.41, 5.74) is 2.88. The van der Waals surface area contributed by atoms with Gasteiger partial charge in [0.15, 0.2) is 0 Å². The van der Waals surface area contributed by atoms with E-state index in [0.29, 0.717) is 25.7 Å². The predicted octanol–water partition coefficient (Wildman–Crippen LogP) is 2.83. The van der Waals surface area contributed by atoms with E-state index in [1.54, 1.807) is 0 Å². The number of carbonyl (C=O) groups is 2. The summed E-state index contributed by atoms with van der Waals surface area (Å²) in [4.78, 5) is 29.3. The number of aromatic nitrogens is 1. The first-order chi connectivity index (χ1) is 12.5. The van der Waals surface area contributed by atoms with Crippen LogP contribution in [0, 0.1) is 13.8 Å². The van der Waals surface area contributed by atoms with E-state index < -0.39 is 0 Å². The maximum atomic E-state index is 12.9. The number of aryl methyl sites for hydroxylation is 1. The second kappa shape index (κ2) is 8.14. The van der Waals surface area contributed by atoms with Gasteiger partial charge in [-0.2, -0.15) is 0 Å². The molecule has 0 radical (unpaired) electrons. The maximum absolute atomic E-state index is 12.9. The van der Waals surface area contributed by atoms with Crippen molar-refractivity contribution in [2.24, 2.45) is 7.05 Å². The van der Waals surface area contributed by atoms with Gasteiger partial charge in [-0.3, -0.25) is 4.79 Å². The van der Waals surface area contributed by atoms with Crippen LogP contribution in [0.4, 0.5) is 4.79 Å². The standard InChI is InChI=1S/C20H32N4O2/c1-15-14-18(16(2)22(15)3)19(25)23-10-7-11-24(13-12-23)20(26)21-17-8-5-4-6-9-17/h14,17H,4-13H2,1-3H3,(H,21,26). The Hall–Kier alpha value is -1.98. The van der Waals surface area contributed by atoms with Crippen LogP contribution in [0.2, 0.25) is 0 Å². The van der Waals surface area contributed by atoms with Gasteiger partial charge in [-0.1, -0.05) is 19.3 Å². The van der Waals surface area contributed by atoms with Gasteiger partial charge in [-0.25, -0.2) is 4.79 Å². The molecule has 0 spiro atoms. The summed E-state index contributed by atoms with van der Waals surface area (Å²) in [6, 6.07) is 2.33. The molecule has 3 rings (SSSR count). The van der Waals surface area contributed by atoms with E-state index in [9.17, 15) is 9.59 Å². The molecule has 1 aliphatic carbocycles. The van der Waals surface area contributed by atoms with Gasteiger partial charge in [-0.05, 0) is 39.2 Å². The van der Waals surface area contributed by atoms with Crippen LogP contribution >= 0.6 is 0 Å². The molecule has 1 aliphatic heterocycles. The van der Waals surface area contributed by atoms with Crippen molar-refractivity contribution in [3.63, 3.8) is 0 Å². The quantitative estimate of drug-likeness (QED) is 0.882. The molecule has 0 bridgehead atoms. The van der Waals surface area contributed by atoms with Gasteiger partial charge in [-0.15, -0.1) is 0 Å². The van der Waals surface area contributed by atoms with E-state index in [0.717, 1.165) is 42.8 Å². The lowest BCUT2D eigenvalue weighted by Gasteiger charge is -2.27. The lowest BCUT2D eigenvalue weighted by Crippen LogP contribution is -2.47. The molecule has 0 aromatic carbocycles. The highest BCUT2D eigenvalue weighted by Gasteiger charge is 2.26. The molecule has 1 saturated heterocycles. The maximum Gasteiger partial charge on any atom is 0.317 e. The molecule has 26 heavy (non-hydrogen) atoms. The van der Waals surface area contributed by atoms with Gasteiger partial charge in [0.25, 0.3) is 5.91 Å². The molecule has 6 heteroatoms. The Morgan fingerprint density at radius 2 is 1.62 bits per heavy atom. The van der Waals surface area contributed by atoms with E-state index in [1.165, 1.54) is 19.3 Å². The van der Waals surface area contributed by atoms with Crippen molar-refractivity contribution in [3.8, 4) is 0 Å². The zero-order valence-corrected chi connectivity index (χ0v) is 16.4. The van der Waals surface area contributed by atoms with Crippen LogP contribution in [0.25, 0.3) is 0 Å². The average molecular weight is 361 g/mol. The zero-order valence-electron chi connectivity index (χ0n) is 16.4. The lowest BCUT2D eigenvalue weighted by molar-refractivity contribution is 0.0761. The SMILES string of the molecule is Cc1cc(C(=O)N2CCCN(C(=O)NC3CCCCC3)CC2)c(C)n1C. The van der Waals surface area contributed by atoms with Crippen LogP contribution in [-0.4, -0.2) is 58.5 Å². The molecule has 1 N–H and O–H groups in total. The fourth-order valence-corrected chi connectivity index (χ4v) is 4.08. The highest BCUT2D eigenvalue weighted by atomic mass is 16.2. The summed E-state index contributed by atoms with van der Waals surface area (Å²) in [5, 5.41) is 3.19. The number of nitrogens with one attached hydrogen (secondary N) is 1. The van der Waals surface area contributed by atoms with Gasteiger partial charge >= 0.3 is 6.03 Å². The molecule has 1 aromatic heterocycles. The summed E-state index contributed by atoms with van der Waals surface area (Å²) in [5.74, 6) is 0.0840. The fourth-order valence-electron chi connectivity index (χ4n) is 4.08. The summed E-state index contributed by atoms with van der Waals surface area (Å²) in [6.07, 6.45) is 6.72. The third kappa shape index (κ3) is 4.05. The van der Waals surface area contributed by atoms with Crippen LogP contribution in [0.5, 0.6) is 0 Å². The monoisotopic (exact) mass is 360 g/mol. The third-order valence-electron chi connectivity index (χ3n) is 6.01. The molecule has 0 unspecified atom stereocenters. The van der Waals surface area contributed by atoms with Crippen molar-refractivity contribution in [1.82, 2.24) is 19.7 Å². The van der Waals surface area contributed by atoms with Crippen molar-refractivity contribution in [2.75, 3.05) is 26.2 Å². The summed E-state index contributed by atoms with van der Waals surface area (Å²) >= 11 is 0. The number of rotatable bonds is 2. The van der Waals surface area contributed by atoms with Crippen LogP contribution < -0.4 is 5.32 Å². The first-order valence-corrected chi connectivity index (χ1v) is 9.95. The van der Waals surface area contributed by atoms with Crippen LogP contribution in [0.15, 0.2) is 6.07 Å². The van der Waals surface area contributed by atoms with Crippen LogP contribution in [0.1, 0.15) is 60.3 Å². The van der Waals surface area contributed by atoms with E-state index in [4.69, 9.17) is 0 Å². The topological polar surface area (TPSA) is 57.6 Å². The summed E-state index contributed by atoms with van der Waals surface area (Å²) in [7, 11) is 1.99. The first kappa shape index (κ1) is 18.8. The Labute approximate surface area is 156 Å². The van der Waals surface area contributed by atoms with Crippen molar-refractivity contribution in [1.29, 1.82) is 0 Å². The van der Waals surface area contributed by atoms with E-state index in [1.807, 2.05) is 36.8 Å². The van der Waals surface area contributed by atoms with Gasteiger partial charge in [0.05, 0.1) is 5.56 Å². The second-order valence-corrected chi connectivity index (χ2v) is 7.76. The van der Waals surface area contributed by atoms with Crippen molar-refractivity contribution in [2.45, 2.75) is 58.4 Å². The number of amides is 3. The van der Waals surface area contributed by atoms with Gasteiger partial charge < -0.3 is 19.7 Å². The molecule has 2 heterocycles. The number of hydrogen-bond acceptors (Lipinski definition) is 2. The van der Waals surface area contributed by atoms with Crippen molar-refractivity contribution >= 4 is 11.9 Å². The molecular formula is C20H32N4O2. The molecule has 2 aliphatic rings. The number of carbonyl (C=O) groups excluding carboxylic acids is 2. The molecule has 2 fully saturated rings. The van der Waals surface area contributed by atoms with E-state index >= 15 is 0 Å². The minimum Gasteiger partial charge on any atom is -0.351 e. The molecule has 0 atom stereocenters. The smallest absolute Gasteiger partial charge is 0.317 e. The molecule has 144 valence electrons. The molecule has 3 amide bonds. The van der Waals surface area contributed by atoms with Crippen LogP contribution in [-0.2, 0) is 7.05 Å². The fraction of sp³-hybridized carbons (Fsp3) is 0.700. The number of hydrogen-bond donors (Lipinski definition) is 1. The van der Waals surface area contributed by atoms with Crippen molar-refractivity contribution < 1.29 is 9.59 Å². The van der Waals surface area contributed by atoms with Gasteiger partial charge in [0, 0.05) is 50.7 Å². The molecule has 6 nitrogen and oxygen atoms in total. The Balaban J connectivity index is 1.58. The van der Waals surface area contributed by atoms with Crippen LogP contribution in [0.3, 0.4) is 0 Å². The zero-order chi connectivity index (χ0) is 18.7. The molecular weight excluding hydrogens is 328 g/mol. The Morgan fingerprint density at radius 1 is 0.962 bits per heavy atom. The van der Waals surface area contributed by atoms with Crippen molar-refractivity contribution in [3.05, 3.63) is 23.0 Å². The van der Waals surface area contributed by atoms with Gasteiger partial charge in [0.2, 0.25) is 0 Å². The first-order valence-electron chi connectivity index (χ1n) is 9.95. The number of urea groups is 1. The van der Waals surface area contributed by atoms with E-state index in [2.05, 4.69) is 9.88 Å². The molecule has 1 saturated carbocycles. The summed E-state index contributed by atoms with van der Waals surface area (Å²) in [6.45, 7) is 6.64. The van der Waals surface area contributed by atoms with E-state index in [-0.39, 0.29) is 11.9 Å². The minimum absolute atomic E-state index is 0.0398. The Kier molecular flexibility index (Phi) is 5.89. The Bertz CT molecular complexity index is 661. The van der Waals surface area contributed by atoms with Gasteiger partial charge in [0.1, 0.15) is 0 Å². The average Bonchev–Trinajstić information content (AvgIpc) is 2.84. The highest BCUT2D eigenvalue weighted by Crippen LogP contribution is 2.19. The lowest BCUT2D eigenvalue weighted by atomic mass is 9.96. The molecule has 1 aromatic rings. The second-order valence-electron chi connectivity index (χ2n) is 7.76. The Morgan fingerprint density at radius 3 is 2.27 bits per heavy atom. The normalized spacial score (nSPS) is 19.3. The predicted molar refractivity (Wildman–Crippen MR) is 102 cm³/mol.